The van der Waals surface area contributed by atoms with E-state index in [0.717, 1.165) is 22.3 Å². The molecule has 4 aromatic rings. The Morgan fingerprint density at radius 2 is 1.81 bits per heavy atom. The van der Waals surface area contributed by atoms with Gasteiger partial charge < -0.3 is 9.72 Å². The van der Waals surface area contributed by atoms with E-state index in [1.807, 2.05) is 46.9 Å². The molecule has 130 valence electrons. The molecule has 2 aromatic heterocycles. The molecule has 0 aliphatic carbocycles. The van der Waals surface area contributed by atoms with E-state index in [4.69, 9.17) is 5.26 Å². The van der Waals surface area contributed by atoms with Crippen LogP contribution >= 0.6 is 0 Å². The van der Waals surface area contributed by atoms with Crippen molar-refractivity contribution in [1.82, 2.24) is 9.38 Å². The number of hydrogen-bond acceptors (Lipinski definition) is 3. The van der Waals surface area contributed by atoms with Crippen LogP contribution in [0.25, 0.3) is 16.6 Å². The second-order valence-corrected chi connectivity index (χ2v) is 6.16. The number of carbonyl (C=O) groups excluding carboxylic acids is 1. The van der Waals surface area contributed by atoms with Crippen molar-refractivity contribution in [3.8, 4) is 17.2 Å². The van der Waals surface area contributed by atoms with Gasteiger partial charge in [-0.3, -0.25) is 4.79 Å². The van der Waals surface area contributed by atoms with Gasteiger partial charge in [-0.2, -0.15) is 5.26 Å². The Morgan fingerprint density at radius 3 is 2.56 bits per heavy atom. The fourth-order valence-electron chi connectivity index (χ4n) is 3.10. The van der Waals surface area contributed by atoms with E-state index >= 15 is 0 Å². The van der Waals surface area contributed by atoms with Crippen molar-refractivity contribution in [1.29, 1.82) is 5.26 Å². The van der Waals surface area contributed by atoms with Crippen LogP contribution in [0.3, 0.4) is 0 Å². The third-order valence-electron chi connectivity index (χ3n) is 4.40. The summed E-state index contributed by atoms with van der Waals surface area (Å²) in [5.41, 5.74) is 5.09. The number of hydrogen-bond donors (Lipinski definition) is 1. The van der Waals surface area contributed by atoms with Crippen molar-refractivity contribution in [3.05, 3.63) is 90.5 Å². The molecule has 4 rings (SSSR count). The molecule has 27 heavy (non-hydrogen) atoms. The Balaban J connectivity index is 1.66. The van der Waals surface area contributed by atoms with Crippen LogP contribution in [0.15, 0.2) is 79.3 Å². The van der Waals surface area contributed by atoms with E-state index in [9.17, 15) is 4.79 Å². The molecule has 2 heterocycles. The Labute approximate surface area is 156 Å². The molecule has 0 saturated heterocycles. The molecular formula is C22H16N4O. The molecule has 0 saturated carbocycles. The first-order chi connectivity index (χ1) is 13.2. The zero-order chi connectivity index (χ0) is 18.6. The Morgan fingerprint density at radius 1 is 1.04 bits per heavy atom. The maximum Gasteiger partial charge on any atom is 0.230 e. The van der Waals surface area contributed by atoms with E-state index in [0.29, 0.717) is 11.3 Å². The van der Waals surface area contributed by atoms with E-state index in [2.05, 4.69) is 16.4 Å². The second-order valence-electron chi connectivity index (χ2n) is 6.16. The third-order valence-corrected chi connectivity index (χ3v) is 4.40. The Hall–Kier alpha value is -3.91. The number of amides is 1. The summed E-state index contributed by atoms with van der Waals surface area (Å²) >= 11 is 0. The largest absolute Gasteiger partial charge is 0.326 e. The minimum atomic E-state index is -0.127. The van der Waals surface area contributed by atoms with Gasteiger partial charge in [-0.25, -0.2) is 4.98 Å². The molecule has 0 aliphatic rings. The van der Waals surface area contributed by atoms with E-state index in [1.165, 1.54) is 0 Å². The quantitative estimate of drug-likeness (QED) is 0.602. The summed E-state index contributed by atoms with van der Waals surface area (Å²) in [6, 6.07) is 22.9. The number of rotatable bonds is 4. The molecule has 0 unspecified atom stereocenters. The van der Waals surface area contributed by atoms with Crippen molar-refractivity contribution >= 4 is 17.1 Å². The standard InChI is InChI=1S/C22H16N4O/c23-13-16-6-8-18(9-7-16)25-22(27)12-21-20(17-4-2-1-3-5-17)11-10-19-14-24-15-26(19)21/h1-11,14-15H,12H2,(H,25,27). The van der Waals surface area contributed by atoms with Crippen molar-refractivity contribution in [2.24, 2.45) is 0 Å². The Bertz CT molecular complexity index is 1140. The van der Waals surface area contributed by atoms with Crippen molar-refractivity contribution in [3.63, 3.8) is 0 Å². The van der Waals surface area contributed by atoms with E-state index in [1.54, 1.807) is 36.8 Å². The number of imidazole rings is 1. The van der Waals surface area contributed by atoms with Gasteiger partial charge in [0.2, 0.25) is 5.91 Å². The lowest BCUT2D eigenvalue weighted by atomic mass is 10.0. The number of fused-ring (bicyclic) bond motifs is 1. The molecule has 0 radical (unpaired) electrons. The van der Waals surface area contributed by atoms with Crippen LogP contribution in [-0.2, 0) is 11.2 Å². The van der Waals surface area contributed by atoms with Gasteiger partial charge in [0.25, 0.3) is 0 Å². The highest BCUT2D eigenvalue weighted by Gasteiger charge is 2.14. The summed E-state index contributed by atoms with van der Waals surface area (Å²) in [4.78, 5) is 16.9. The summed E-state index contributed by atoms with van der Waals surface area (Å²) < 4.78 is 1.95. The SMILES string of the molecule is N#Cc1ccc(NC(=O)Cc2c(-c3ccccc3)ccc3cncn23)cc1. The topological polar surface area (TPSA) is 70.2 Å². The average Bonchev–Trinajstić information content (AvgIpc) is 3.19. The van der Waals surface area contributed by atoms with Crippen molar-refractivity contribution in [2.45, 2.75) is 6.42 Å². The minimum absolute atomic E-state index is 0.127. The monoisotopic (exact) mass is 352 g/mol. The first-order valence-electron chi connectivity index (χ1n) is 8.54. The van der Waals surface area contributed by atoms with Crippen LogP contribution in [0, 0.1) is 11.3 Å². The summed E-state index contributed by atoms with van der Waals surface area (Å²) in [6.07, 6.45) is 3.71. The first-order valence-corrected chi connectivity index (χ1v) is 8.54. The van der Waals surface area contributed by atoms with Crippen molar-refractivity contribution in [2.75, 3.05) is 5.32 Å². The van der Waals surface area contributed by atoms with Gasteiger partial charge in [-0.05, 0) is 35.9 Å². The second kappa shape index (κ2) is 7.14. The number of carbonyl (C=O) groups is 1. The lowest BCUT2D eigenvalue weighted by Gasteiger charge is -2.13. The van der Waals surface area contributed by atoms with Crippen LogP contribution in [0.2, 0.25) is 0 Å². The summed E-state index contributed by atoms with van der Waals surface area (Å²) in [7, 11) is 0. The van der Waals surface area contributed by atoms with Crippen LogP contribution in [0.5, 0.6) is 0 Å². The van der Waals surface area contributed by atoms with Crippen molar-refractivity contribution < 1.29 is 4.79 Å². The predicted molar refractivity (Wildman–Crippen MR) is 104 cm³/mol. The van der Waals surface area contributed by atoms with Crippen LogP contribution in [0.1, 0.15) is 11.3 Å². The molecule has 5 nitrogen and oxygen atoms in total. The zero-order valence-corrected chi connectivity index (χ0v) is 14.5. The molecule has 1 amide bonds. The smallest absolute Gasteiger partial charge is 0.230 e. The maximum absolute atomic E-state index is 12.7. The summed E-state index contributed by atoms with van der Waals surface area (Å²) in [5.74, 6) is -0.127. The molecule has 0 atom stereocenters. The highest BCUT2D eigenvalue weighted by Crippen LogP contribution is 2.26. The highest BCUT2D eigenvalue weighted by atomic mass is 16.1. The molecule has 0 aliphatic heterocycles. The number of nitriles is 1. The van der Waals surface area contributed by atoms with E-state index < -0.39 is 0 Å². The number of benzene rings is 2. The van der Waals surface area contributed by atoms with Gasteiger partial charge >= 0.3 is 0 Å². The number of nitrogens with one attached hydrogen (secondary N) is 1. The predicted octanol–water partition coefficient (Wildman–Crippen LogP) is 4.05. The highest BCUT2D eigenvalue weighted by molar-refractivity contribution is 5.93. The van der Waals surface area contributed by atoms with Crippen LogP contribution < -0.4 is 5.32 Å². The lowest BCUT2D eigenvalue weighted by Crippen LogP contribution is -2.17. The van der Waals surface area contributed by atoms with Gasteiger partial charge in [0.15, 0.2) is 0 Å². The number of pyridine rings is 1. The van der Waals surface area contributed by atoms with Gasteiger partial charge in [-0.1, -0.05) is 36.4 Å². The average molecular weight is 352 g/mol. The van der Waals surface area contributed by atoms with Gasteiger partial charge in [-0.15, -0.1) is 0 Å². The lowest BCUT2D eigenvalue weighted by molar-refractivity contribution is -0.115. The maximum atomic E-state index is 12.7. The van der Waals surface area contributed by atoms with Gasteiger partial charge in [0.1, 0.15) is 0 Å². The first kappa shape index (κ1) is 16.6. The van der Waals surface area contributed by atoms with Gasteiger partial charge in [0, 0.05) is 16.9 Å². The molecule has 2 aromatic carbocycles. The molecule has 0 bridgehead atoms. The fraction of sp³-hybridized carbons (Fsp3) is 0.0455. The summed E-state index contributed by atoms with van der Waals surface area (Å²) in [5, 5.41) is 11.8. The number of anilines is 1. The zero-order valence-electron chi connectivity index (χ0n) is 14.5. The number of aromatic nitrogens is 2. The molecule has 5 heteroatoms. The third kappa shape index (κ3) is 3.42. The van der Waals surface area contributed by atoms with Crippen LogP contribution in [-0.4, -0.2) is 15.3 Å². The number of nitrogens with zero attached hydrogens (tertiary/aromatic N) is 3. The molecule has 1 N–H and O–H groups in total. The molecule has 0 spiro atoms. The Kier molecular flexibility index (Phi) is 4.38. The normalized spacial score (nSPS) is 10.5. The van der Waals surface area contributed by atoms with Crippen LogP contribution in [0.4, 0.5) is 5.69 Å². The molecular weight excluding hydrogens is 336 g/mol. The fourth-order valence-corrected chi connectivity index (χ4v) is 3.10. The minimum Gasteiger partial charge on any atom is -0.326 e. The van der Waals surface area contributed by atoms with Gasteiger partial charge in [0.05, 0.1) is 36.1 Å². The summed E-state index contributed by atoms with van der Waals surface area (Å²) in [6.45, 7) is 0. The molecule has 0 fully saturated rings. The van der Waals surface area contributed by atoms with E-state index in [-0.39, 0.29) is 12.3 Å².